The first kappa shape index (κ1) is 12.4. The molecule has 0 saturated carbocycles. The van der Waals surface area contributed by atoms with Crippen LogP contribution in [0.2, 0.25) is 0 Å². The predicted octanol–water partition coefficient (Wildman–Crippen LogP) is 4.05. The van der Waals surface area contributed by atoms with Crippen LogP contribution in [0.1, 0.15) is 18.0 Å². The van der Waals surface area contributed by atoms with Crippen LogP contribution in [0.5, 0.6) is 11.5 Å². The van der Waals surface area contributed by atoms with Gasteiger partial charge in [0.25, 0.3) is 0 Å². The lowest BCUT2D eigenvalue weighted by Gasteiger charge is -2.10. The zero-order valence-electron chi connectivity index (χ0n) is 10.3. The second-order valence-electron chi connectivity index (χ2n) is 4.12. The first-order valence-corrected chi connectivity index (χ1v) is 5.99. The Bertz CT molecular complexity index is 490. The van der Waals surface area contributed by atoms with Crippen molar-refractivity contribution >= 4 is 0 Å². The molecular weight excluding hydrogens is 222 g/mol. The van der Waals surface area contributed by atoms with Gasteiger partial charge in [0.05, 0.1) is 0 Å². The second kappa shape index (κ2) is 6.03. The molecule has 0 aliphatic carbocycles. The topological polar surface area (TPSA) is 35.2 Å². The van der Waals surface area contributed by atoms with Crippen LogP contribution >= 0.6 is 0 Å². The predicted molar refractivity (Wildman–Crippen MR) is 74.7 cm³/mol. The molecule has 92 valence electrons. The van der Waals surface area contributed by atoms with Crippen LogP contribution in [0.25, 0.3) is 0 Å². The standard InChI is InChI=1S/C16H17NO/c1-2-6-16(17)13-9-11-15(12-10-13)18-14-7-4-3-5-8-14/h2-5,7-12,16H,1,6,17H2/t16-/m0/s1. The highest BCUT2D eigenvalue weighted by Gasteiger charge is 2.04. The molecule has 0 bridgehead atoms. The Morgan fingerprint density at radius 3 is 2.22 bits per heavy atom. The van der Waals surface area contributed by atoms with Gasteiger partial charge in [-0.15, -0.1) is 6.58 Å². The van der Waals surface area contributed by atoms with Crippen molar-refractivity contribution in [2.24, 2.45) is 5.73 Å². The molecule has 0 amide bonds. The SMILES string of the molecule is C=CC[C@H](N)c1ccc(Oc2ccccc2)cc1. The van der Waals surface area contributed by atoms with Crippen molar-refractivity contribution in [3.8, 4) is 11.5 Å². The molecule has 0 fully saturated rings. The van der Waals surface area contributed by atoms with Crippen LogP contribution in [0.4, 0.5) is 0 Å². The molecule has 0 spiro atoms. The molecule has 0 aliphatic heterocycles. The largest absolute Gasteiger partial charge is 0.457 e. The lowest BCUT2D eigenvalue weighted by molar-refractivity contribution is 0.482. The molecule has 0 aliphatic rings. The van der Waals surface area contributed by atoms with Gasteiger partial charge in [-0.25, -0.2) is 0 Å². The molecule has 2 N–H and O–H groups in total. The van der Waals surface area contributed by atoms with E-state index in [0.717, 1.165) is 23.5 Å². The molecular formula is C16H17NO. The maximum absolute atomic E-state index is 6.00. The summed E-state index contributed by atoms with van der Waals surface area (Å²) >= 11 is 0. The average Bonchev–Trinajstić information content (AvgIpc) is 2.41. The minimum absolute atomic E-state index is 0.00766. The fraction of sp³-hybridized carbons (Fsp3) is 0.125. The third kappa shape index (κ3) is 3.22. The summed E-state index contributed by atoms with van der Waals surface area (Å²) in [5.41, 5.74) is 7.09. The molecule has 0 radical (unpaired) electrons. The van der Waals surface area contributed by atoms with E-state index in [2.05, 4.69) is 6.58 Å². The van der Waals surface area contributed by atoms with E-state index in [1.807, 2.05) is 60.7 Å². The number of ether oxygens (including phenoxy) is 1. The summed E-state index contributed by atoms with van der Waals surface area (Å²) in [6.45, 7) is 3.69. The van der Waals surface area contributed by atoms with E-state index in [4.69, 9.17) is 10.5 Å². The molecule has 0 unspecified atom stereocenters. The van der Waals surface area contributed by atoms with Gasteiger partial charge in [-0.05, 0) is 36.2 Å². The maximum Gasteiger partial charge on any atom is 0.127 e. The molecule has 0 heterocycles. The van der Waals surface area contributed by atoms with Gasteiger partial charge < -0.3 is 10.5 Å². The van der Waals surface area contributed by atoms with Crippen LogP contribution in [-0.4, -0.2) is 0 Å². The van der Waals surface area contributed by atoms with Gasteiger partial charge in [0.15, 0.2) is 0 Å². The van der Waals surface area contributed by atoms with Crippen molar-refractivity contribution in [2.45, 2.75) is 12.5 Å². The Hall–Kier alpha value is -2.06. The van der Waals surface area contributed by atoms with Crippen molar-refractivity contribution in [2.75, 3.05) is 0 Å². The minimum atomic E-state index is 0.00766. The third-order valence-corrected chi connectivity index (χ3v) is 2.71. The maximum atomic E-state index is 6.00. The molecule has 2 aromatic carbocycles. The normalized spacial score (nSPS) is 11.8. The second-order valence-corrected chi connectivity index (χ2v) is 4.12. The smallest absolute Gasteiger partial charge is 0.127 e. The van der Waals surface area contributed by atoms with E-state index in [-0.39, 0.29) is 6.04 Å². The fourth-order valence-electron chi connectivity index (χ4n) is 1.72. The molecule has 0 aromatic heterocycles. The first-order chi connectivity index (χ1) is 8.79. The summed E-state index contributed by atoms with van der Waals surface area (Å²) in [5, 5.41) is 0. The molecule has 2 aromatic rings. The number of para-hydroxylation sites is 1. The van der Waals surface area contributed by atoms with Crippen molar-refractivity contribution in [1.82, 2.24) is 0 Å². The Balaban J connectivity index is 2.06. The van der Waals surface area contributed by atoms with E-state index in [1.54, 1.807) is 0 Å². The Morgan fingerprint density at radius 1 is 1.00 bits per heavy atom. The summed E-state index contributed by atoms with van der Waals surface area (Å²) in [7, 11) is 0. The zero-order chi connectivity index (χ0) is 12.8. The lowest BCUT2D eigenvalue weighted by Crippen LogP contribution is -2.08. The van der Waals surface area contributed by atoms with Crippen LogP contribution in [-0.2, 0) is 0 Å². The van der Waals surface area contributed by atoms with Crippen LogP contribution in [0, 0.1) is 0 Å². The van der Waals surface area contributed by atoms with Crippen LogP contribution < -0.4 is 10.5 Å². The summed E-state index contributed by atoms with van der Waals surface area (Å²) in [6, 6.07) is 17.6. The summed E-state index contributed by atoms with van der Waals surface area (Å²) < 4.78 is 5.71. The average molecular weight is 239 g/mol. The van der Waals surface area contributed by atoms with E-state index in [9.17, 15) is 0 Å². The van der Waals surface area contributed by atoms with E-state index in [1.165, 1.54) is 0 Å². The van der Waals surface area contributed by atoms with Gasteiger partial charge in [0.1, 0.15) is 11.5 Å². The van der Waals surface area contributed by atoms with Crippen molar-refractivity contribution < 1.29 is 4.74 Å². The Labute approximate surface area is 108 Å². The molecule has 2 rings (SSSR count). The monoisotopic (exact) mass is 239 g/mol. The lowest BCUT2D eigenvalue weighted by atomic mass is 10.0. The molecule has 1 atom stereocenters. The highest BCUT2D eigenvalue weighted by molar-refractivity contribution is 5.33. The van der Waals surface area contributed by atoms with Crippen molar-refractivity contribution in [3.63, 3.8) is 0 Å². The van der Waals surface area contributed by atoms with Crippen molar-refractivity contribution in [3.05, 3.63) is 72.8 Å². The van der Waals surface area contributed by atoms with Crippen LogP contribution in [0.15, 0.2) is 67.3 Å². The highest BCUT2D eigenvalue weighted by atomic mass is 16.5. The van der Waals surface area contributed by atoms with Gasteiger partial charge in [0, 0.05) is 6.04 Å². The van der Waals surface area contributed by atoms with E-state index in [0.29, 0.717) is 0 Å². The summed E-state index contributed by atoms with van der Waals surface area (Å²) in [5.74, 6) is 1.65. The number of benzene rings is 2. The van der Waals surface area contributed by atoms with E-state index < -0.39 is 0 Å². The van der Waals surface area contributed by atoms with Crippen LogP contribution in [0.3, 0.4) is 0 Å². The highest BCUT2D eigenvalue weighted by Crippen LogP contribution is 2.23. The van der Waals surface area contributed by atoms with Gasteiger partial charge in [-0.1, -0.05) is 36.4 Å². The van der Waals surface area contributed by atoms with Gasteiger partial charge in [0.2, 0.25) is 0 Å². The Morgan fingerprint density at radius 2 is 1.61 bits per heavy atom. The van der Waals surface area contributed by atoms with Gasteiger partial charge in [-0.2, -0.15) is 0 Å². The number of rotatable bonds is 5. The summed E-state index contributed by atoms with van der Waals surface area (Å²) in [4.78, 5) is 0. The minimum Gasteiger partial charge on any atom is -0.457 e. The number of nitrogens with two attached hydrogens (primary N) is 1. The number of hydrogen-bond acceptors (Lipinski definition) is 2. The quantitative estimate of drug-likeness (QED) is 0.799. The molecule has 2 nitrogen and oxygen atoms in total. The third-order valence-electron chi connectivity index (χ3n) is 2.71. The molecule has 0 saturated heterocycles. The molecule has 2 heteroatoms. The summed E-state index contributed by atoms with van der Waals surface area (Å²) in [6.07, 6.45) is 2.61. The van der Waals surface area contributed by atoms with Gasteiger partial charge in [-0.3, -0.25) is 0 Å². The zero-order valence-corrected chi connectivity index (χ0v) is 10.3. The van der Waals surface area contributed by atoms with Gasteiger partial charge >= 0.3 is 0 Å². The van der Waals surface area contributed by atoms with Crippen molar-refractivity contribution in [1.29, 1.82) is 0 Å². The van der Waals surface area contributed by atoms with E-state index >= 15 is 0 Å². The Kier molecular flexibility index (Phi) is 4.15. The fourth-order valence-corrected chi connectivity index (χ4v) is 1.72. The first-order valence-electron chi connectivity index (χ1n) is 5.99. The number of hydrogen-bond donors (Lipinski definition) is 1. The molecule has 18 heavy (non-hydrogen) atoms.